The van der Waals surface area contributed by atoms with Gasteiger partial charge in [-0.15, -0.1) is 0 Å². The smallest absolute Gasteiger partial charge is 0.412 e. The minimum absolute atomic E-state index is 0.259. The number of nitrogens with one attached hydrogen (secondary N) is 2. The van der Waals surface area contributed by atoms with Gasteiger partial charge in [-0.25, -0.2) is 4.79 Å². The van der Waals surface area contributed by atoms with Crippen molar-refractivity contribution in [3.05, 3.63) is 28.2 Å². The maximum Gasteiger partial charge on any atom is 0.412 e. The van der Waals surface area contributed by atoms with E-state index in [2.05, 4.69) is 40.4 Å². The first-order chi connectivity index (χ1) is 9.05. The molecule has 0 atom stereocenters. The Kier molecular flexibility index (Phi) is 5.21. The molecule has 0 fully saturated rings. The number of carbonyl (C=O) groups excluding carboxylic acids is 1. The number of carbonyl (C=O) groups is 1. The predicted octanol–water partition coefficient (Wildman–Crippen LogP) is 4.25. The Hall–Kier alpha value is -1.07. The van der Waals surface area contributed by atoms with Crippen LogP contribution in [0.5, 0.6) is 0 Å². The van der Waals surface area contributed by atoms with Crippen molar-refractivity contribution >= 4 is 27.7 Å². The molecule has 1 rings (SSSR count). The second-order valence-electron chi connectivity index (χ2n) is 6.19. The third-order valence-corrected chi connectivity index (χ3v) is 3.41. The lowest BCUT2D eigenvalue weighted by molar-refractivity contribution is 0.0635. The van der Waals surface area contributed by atoms with E-state index in [-0.39, 0.29) is 5.54 Å². The van der Waals surface area contributed by atoms with Crippen LogP contribution >= 0.6 is 15.9 Å². The van der Waals surface area contributed by atoms with E-state index >= 15 is 0 Å². The Morgan fingerprint density at radius 1 is 1.20 bits per heavy atom. The summed E-state index contributed by atoms with van der Waals surface area (Å²) in [6.45, 7) is 9.62. The van der Waals surface area contributed by atoms with E-state index in [0.29, 0.717) is 0 Å². The highest BCUT2D eigenvalue weighted by molar-refractivity contribution is 9.10. The van der Waals surface area contributed by atoms with Gasteiger partial charge in [0.2, 0.25) is 0 Å². The minimum atomic E-state index is -0.519. The van der Waals surface area contributed by atoms with E-state index in [1.165, 1.54) is 0 Å². The van der Waals surface area contributed by atoms with E-state index in [1.54, 1.807) is 0 Å². The molecule has 112 valence electrons. The number of hydrogen-bond donors (Lipinski definition) is 2. The number of benzene rings is 1. The van der Waals surface area contributed by atoms with Gasteiger partial charge in [0.25, 0.3) is 0 Å². The molecule has 0 aromatic heterocycles. The van der Waals surface area contributed by atoms with E-state index in [9.17, 15) is 4.79 Å². The molecule has 4 nitrogen and oxygen atoms in total. The summed E-state index contributed by atoms with van der Waals surface area (Å²) < 4.78 is 6.20. The molecule has 0 aliphatic heterocycles. The molecule has 0 saturated heterocycles. The van der Waals surface area contributed by atoms with Crippen LogP contribution in [0, 0.1) is 0 Å². The van der Waals surface area contributed by atoms with Crippen LogP contribution in [0.4, 0.5) is 10.5 Å². The van der Waals surface area contributed by atoms with Crippen LogP contribution in [0.15, 0.2) is 22.7 Å². The van der Waals surface area contributed by atoms with Crippen LogP contribution in [0.25, 0.3) is 0 Å². The second-order valence-corrected chi connectivity index (χ2v) is 7.11. The molecular formula is C15H23BrN2O2. The number of hydrogen-bond acceptors (Lipinski definition) is 3. The Bertz CT molecular complexity index is 493. The largest absolute Gasteiger partial charge is 0.444 e. The maximum absolute atomic E-state index is 11.9. The molecule has 5 heteroatoms. The Balaban J connectivity index is 3.05. The standard InChI is InChI=1S/C15H23BrN2O2/c1-14(2,3)20-13(19)18-12-9-10(16)7-8-11(12)15(4,5)17-6/h7-9,17H,1-6H3,(H,18,19). The first-order valence-electron chi connectivity index (χ1n) is 6.54. The lowest BCUT2D eigenvalue weighted by Crippen LogP contribution is -2.35. The Morgan fingerprint density at radius 3 is 2.30 bits per heavy atom. The molecule has 0 aliphatic carbocycles. The van der Waals surface area contributed by atoms with Crippen molar-refractivity contribution in [1.82, 2.24) is 5.32 Å². The molecule has 20 heavy (non-hydrogen) atoms. The van der Waals surface area contributed by atoms with E-state index in [4.69, 9.17) is 4.74 Å². The van der Waals surface area contributed by atoms with Crippen LogP contribution in [-0.2, 0) is 10.3 Å². The zero-order chi connectivity index (χ0) is 15.6. The molecule has 0 saturated carbocycles. The van der Waals surface area contributed by atoms with Gasteiger partial charge in [0.05, 0.1) is 5.69 Å². The summed E-state index contributed by atoms with van der Waals surface area (Å²) in [5.74, 6) is 0. The van der Waals surface area contributed by atoms with Crippen molar-refractivity contribution in [2.24, 2.45) is 0 Å². The molecule has 0 aliphatic rings. The number of halogens is 1. The van der Waals surface area contributed by atoms with Crippen molar-refractivity contribution in [3.8, 4) is 0 Å². The molecule has 0 bridgehead atoms. The highest BCUT2D eigenvalue weighted by Crippen LogP contribution is 2.30. The van der Waals surface area contributed by atoms with Crippen molar-refractivity contribution in [2.75, 3.05) is 12.4 Å². The number of ether oxygens (including phenoxy) is 1. The molecule has 0 spiro atoms. The van der Waals surface area contributed by atoms with Gasteiger partial charge in [0.1, 0.15) is 5.60 Å². The molecule has 0 radical (unpaired) electrons. The molecule has 1 amide bonds. The highest BCUT2D eigenvalue weighted by atomic mass is 79.9. The van der Waals surface area contributed by atoms with Gasteiger partial charge in [-0.1, -0.05) is 22.0 Å². The average molecular weight is 343 g/mol. The fourth-order valence-electron chi connectivity index (χ4n) is 1.71. The SMILES string of the molecule is CNC(C)(C)c1ccc(Br)cc1NC(=O)OC(C)(C)C. The maximum atomic E-state index is 11.9. The Labute approximate surface area is 129 Å². The first kappa shape index (κ1) is 17.0. The van der Waals surface area contributed by atoms with Crippen LogP contribution in [0.2, 0.25) is 0 Å². The minimum Gasteiger partial charge on any atom is -0.444 e. The topological polar surface area (TPSA) is 50.4 Å². The summed E-state index contributed by atoms with van der Waals surface area (Å²) in [7, 11) is 1.89. The van der Waals surface area contributed by atoms with Crippen molar-refractivity contribution < 1.29 is 9.53 Å². The number of rotatable bonds is 3. The van der Waals surface area contributed by atoms with Gasteiger partial charge in [-0.3, -0.25) is 5.32 Å². The van der Waals surface area contributed by atoms with Crippen LogP contribution in [0.3, 0.4) is 0 Å². The normalized spacial score (nSPS) is 12.2. The van der Waals surface area contributed by atoms with Gasteiger partial charge in [0.15, 0.2) is 0 Å². The molecule has 0 unspecified atom stereocenters. The van der Waals surface area contributed by atoms with Gasteiger partial charge < -0.3 is 10.1 Å². The first-order valence-corrected chi connectivity index (χ1v) is 7.33. The third-order valence-electron chi connectivity index (χ3n) is 2.92. The lowest BCUT2D eigenvalue weighted by Gasteiger charge is -2.28. The summed E-state index contributed by atoms with van der Waals surface area (Å²) in [5, 5.41) is 6.05. The predicted molar refractivity (Wildman–Crippen MR) is 86.1 cm³/mol. The van der Waals surface area contributed by atoms with Crippen LogP contribution in [0.1, 0.15) is 40.2 Å². The lowest BCUT2D eigenvalue weighted by atomic mass is 9.93. The molecule has 1 aromatic rings. The molecule has 0 heterocycles. The fraction of sp³-hybridized carbons (Fsp3) is 0.533. The summed E-state index contributed by atoms with van der Waals surface area (Å²) >= 11 is 3.42. The molecule has 1 aromatic carbocycles. The van der Waals surface area contributed by atoms with Crippen molar-refractivity contribution in [1.29, 1.82) is 0 Å². The molecular weight excluding hydrogens is 320 g/mol. The van der Waals surface area contributed by atoms with Crippen LogP contribution < -0.4 is 10.6 Å². The van der Waals surface area contributed by atoms with Gasteiger partial charge in [-0.05, 0) is 59.4 Å². The summed E-state index contributed by atoms with van der Waals surface area (Å²) in [6, 6.07) is 5.81. The monoisotopic (exact) mass is 342 g/mol. The third kappa shape index (κ3) is 4.80. The van der Waals surface area contributed by atoms with E-state index < -0.39 is 11.7 Å². The fourth-order valence-corrected chi connectivity index (χ4v) is 2.07. The zero-order valence-corrected chi connectivity index (χ0v) is 14.5. The van der Waals surface area contributed by atoms with Gasteiger partial charge >= 0.3 is 6.09 Å². The summed E-state index contributed by atoms with van der Waals surface area (Å²) in [4.78, 5) is 11.9. The zero-order valence-electron chi connectivity index (χ0n) is 12.9. The second kappa shape index (κ2) is 6.14. The quantitative estimate of drug-likeness (QED) is 0.863. The molecule has 2 N–H and O–H groups in total. The Morgan fingerprint density at radius 2 is 1.80 bits per heavy atom. The summed E-state index contributed by atoms with van der Waals surface area (Å²) in [6.07, 6.45) is -0.455. The average Bonchev–Trinajstić information content (AvgIpc) is 2.25. The van der Waals surface area contributed by atoms with E-state index in [1.807, 2.05) is 46.0 Å². The number of amides is 1. The van der Waals surface area contributed by atoms with Gasteiger partial charge in [-0.2, -0.15) is 0 Å². The van der Waals surface area contributed by atoms with Crippen molar-refractivity contribution in [2.45, 2.75) is 45.8 Å². The van der Waals surface area contributed by atoms with Crippen LogP contribution in [-0.4, -0.2) is 18.7 Å². The highest BCUT2D eigenvalue weighted by Gasteiger charge is 2.24. The van der Waals surface area contributed by atoms with Crippen molar-refractivity contribution in [3.63, 3.8) is 0 Å². The van der Waals surface area contributed by atoms with E-state index in [0.717, 1.165) is 15.7 Å². The van der Waals surface area contributed by atoms with Gasteiger partial charge in [0, 0.05) is 10.0 Å². The summed E-state index contributed by atoms with van der Waals surface area (Å²) in [5.41, 5.74) is 0.946. The number of anilines is 1.